The van der Waals surface area contributed by atoms with Crippen LogP contribution >= 0.6 is 0 Å². The van der Waals surface area contributed by atoms with Gasteiger partial charge in [0.15, 0.2) is 0 Å². The molecule has 0 spiro atoms. The van der Waals surface area contributed by atoms with Crippen LogP contribution in [0.4, 0.5) is 8.78 Å². The first-order valence-corrected chi connectivity index (χ1v) is 9.57. The number of benzene rings is 3. The zero-order valence-corrected chi connectivity index (χ0v) is 16.7. The smallest absolute Gasteiger partial charge is 0.270 e. The first kappa shape index (κ1) is 21.7. The van der Waals surface area contributed by atoms with Crippen molar-refractivity contribution in [3.05, 3.63) is 71.8 Å². The van der Waals surface area contributed by atoms with Gasteiger partial charge >= 0.3 is 0 Å². The van der Waals surface area contributed by atoms with Crippen LogP contribution in [-0.4, -0.2) is 29.7 Å². The van der Waals surface area contributed by atoms with Gasteiger partial charge in [-0.25, -0.2) is 8.78 Å². The van der Waals surface area contributed by atoms with E-state index in [0.717, 1.165) is 17.7 Å². The van der Waals surface area contributed by atoms with E-state index in [1.165, 1.54) is 24.3 Å². The molecular weight excluding hydrogens is 390 g/mol. The molecule has 7 heteroatoms. The molecule has 5 nitrogen and oxygen atoms in total. The summed E-state index contributed by atoms with van der Waals surface area (Å²) >= 11 is 0. The fraction of sp³-hybridized carbons (Fsp3) is 0.261. The molecule has 0 unspecified atom stereocenters. The Morgan fingerprint density at radius 3 is 2.50 bits per heavy atom. The molecule has 3 aromatic carbocycles. The second kappa shape index (κ2) is 8.77. The molecule has 0 aliphatic rings. The minimum atomic E-state index is -2.91. The molecule has 3 rings (SSSR count). The Morgan fingerprint density at radius 1 is 1.17 bits per heavy atom. The molecule has 0 radical (unpaired) electrons. The number of ether oxygens (including phenoxy) is 1. The van der Waals surface area contributed by atoms with E-state index in [1.54, 1.807) is 37.3 Å². The van der Waals surface area contributed by atoms with Gasteiger partial charge in [-0.05, 0) is 60.8 Å². The van der Waals surface area contributed by atoms with Gasteiger partial charge in [-0.1, -0.05) is 12.1 Å². The van der Waals surface area contributed by atoms with Crippen molar-refractivity contribution in [3.8, 4) is 11.5 Å². The third-order valence-electron chi connectivity index (χ3n) is 4.87. The summed E-state index contributed by atoms with van der Waals surface area (Å²) in [5.41, 5.74) is 5.77. The second-order valence-electron chi connectivity index (χ2n) is 7.27. The molecule has 0 aliphatic heterocycles. The Labute approximate surface area is 173 Å². The lowest BCUT2D eigenvalue weighted by Gasteiger charge is -2.19. The lowest BCUT2D eigenvalue weighted by atomic mass is 10.0. The molecule has 4 N–H and O–H groups in total. The first-order valence-electron chi connectivity index (χ1n) is 9.57. The highest BCUT2D eigenvalue weighted by molar-refractivity contribution is 6.00. The van der Waals surface area contributed by atoms with Crippen LogP contribution in [0.1, 0.15) is 29.8 Å². The highest BCUT2D eigenvalue weighted by Gasteiger charge is 2.23. The lowest BCUT2D eigenvalue weighted by Crippen LogP contribution is -2.44. The van der Waals surface area contributed by atoms with Gasteiger partial charge in [-0.3, -0.25) is 4.79 Å². The van der Waals surface area contributed by atoms with Crippen LogP contribution in [0.2, 0.25) is 0 Å². The number of halogens is 2. The topological polar surface area (TPSA) is 84.6 Å². The third kappa shape index (κ3) is 4.93. The van der Waals surface area contributed by atoms with Crippen molar-refractivity contribution in [2.24, 2.45) is 5.73 Å². The summed E-state index contributed by atoms with van der Waals surface area (Å²) in [6.07, 6.45) is -0.826. The summed E-state index contributed by atoms with van der Waals surface area (Å²) in [4.78, 5) is 12.5. The summed E-state index contributed by atoms with van der Waals surface area (Å²) < 4.78 is 32.6. The molecule has 0 saturated carbocycles. The van der Waals surface area contributed by atoms with Crippen LogP contribution in [-0.2, 0) is 5.92 Å². The minimum Gasteiger partial charge on any atom is -0.457 e. The van der Waals surface area contributed by atoms with Gasteiger partial charge in [0.1, 0.15) is 11.5 Å². The fourth-order valence-electron chi connectivity index (χ4n) is 3.02. The largest absolute Gasteiger partial charge is 0.457 e. The van der Waals surface area contributed by atoms with Crippen molar-refractivity contribution in [3.63, 3.8) is 0 Å². The Bertz CT molecular complexity index is 1030. The van der Waals surface area contributed by atoms with E-state index in [1.807, 2.05) is 6.07 Å². The van der Waals surface area contributed by atoms with E-state index in [2.05, 4.69) is 5.32 Å². The van der Waals surface area contributed by atoms with E-state index in [0.29, 0.717) is 17.1 Å². The molecule has 1 amide bonds. The summed E-state index contributed by atoms with van der Waals surface area (Å²) in [7, 11) is 0. The maximum atomic E-state index is 13.4. The number of amides is 1. The predicted octanol–water partition coefficient (Wildman–Crippen LogP) is 4.18. The summed E-state index contributed by atoms with van der Waals surface area (Å²) in [5.74, 6) is -2.25. The average molecular weight is 414 g/mol. The maximum absolute atomic E-state index is 13.4. The second-order valence-corrected chi connectivity index (χ2v) is 7.27. The normalized spacial score (nSPS) is 13.7. The van der Waals surface area contributed by atoms with Gasteiger partial charge in [0.25, 0.3) is 11.8 Å². The van der Waals surface area contributed by atoms with Crippen molar-refractivity contribution in [2.45, 2.75) is 31.9 Å². The highest BCUT2D eigenvalue weighted by Crippen LogP contribution is 2.33. The predicted molar refractivity (Wildman–Crippen MR) is 112 cm³/mol. The van der Waals surface area contributed by atoms with E-state index < -0.39 is 18.1 Å². The molecule has 2 atom stereocenters. The SMILES string of the molecule is C[C@@H](NC(=O)c1ccc2c(Oc3ccc(C(C)(F)F)cc3)cccc2c1)[C@H](O)CN. The van der Waals surface area contributed by atoms with Crippen molar-refractivity contribution in [2.75, 3.05) is 6.54 Å². The summed E-state index contributed by atoms with van der Waals surface area (Å²) in [6, 6.07) is 15.7. The maximum Gasteiger partial charge on any atom is 0.270 e. The van der Waals surface area contributed by atoms with Gasteiger partial charge in [-0.15, -0.1) is 0 Å². The molecule has 0 bridgehead atoms. The molecule has 0 heterocycles. The Hall–Kier alpha value is -3.03. The number of alkyl halides is 2. The summed E-state index contributed by atoms with van der Waals surface area (Å²) in [5, 5.41) is 14.0. The van der Waals surface area contributed by atoms with Crippen LogP contribution < -0.4 is 15.8 Å². The van der Waals surface area contributed by atoms with Crippen molar-refractivity contribution >= 4 is 16.7 Å². The summed E-state index contributed by atoms with van der Waals surface area (Å²) in [6.45, 7) is 2.58. The van der Waals surface area contributed by atoms with Gasteiger partial charge in [0.05, 0.1) is 12.1 Å². The zero-order chi connectivity index (χ0) is 21.9. The monoisotopic (exact) mass is 414 g/mol. The minimum absolute atomic E-state index is 0.0523. The Morgan fingerprint density at radius 2 is 1.87 bits per heavy atom. The number of nitrogens with one attached hydrogen (secondary N) is 1. The quantitative estimate of drug-likeness (QED) is 0.542. The highest BCUT2D eigenvalue weighted by atomic mass is 19.3. The van der Waals surface area contributed by atoms with Crippen LogP contribution in [0, 0.1) is 0 Å². The molecule has 0 saturated heterocycles. The van der Waals surface area contributed by atoms with Gasteiger partial charge in [-0.2, -0.15) is 0 Å². The molecule has 0 aromatic heterocycles. The molecule has 30 heavy (non-hydrogen) atoms. The average Bonchev–Trinajstić information content (AvgIpc) is 2.72. The Kier molecular flexibility index (Phi) is 6.34. The van der Waals surface area contributed by atoms with Gasteiger partial charge in [0, 0.05) is 30.0 Å². The first-order chi connectivity index (χ1) is 14.2. The number of nitrogens with two attached hydrogens (primary N) is 1. The molecule has 3 aromatic rings. The van der Waals surface area contributed by atoms with E-state index in [-0.39, 0.29) is 18.0 Å². The molecule has 0 fully saturated rings. The van der Waals surface area contributed by atoms with Crippen LogP contribution in [0.15, 0.2) is 60.7 Å². The number of aliphatic hydroxyl groups excluding tert-OH is 1. The van der Waals surface area contributed by atoms with Crippen LogP contribution in [0.25, 0.3) is 10.8 Å². The number of rotatable bonds is 7. The van der Waals surface area contributed by atoms with Crippen molar-refractivity contribution < 1.29 is 23.4 Å². The number of carbonyl (C=O) groups excluding carboxylic acids is 1. The van der Waals surface area contributed by atoms with Crippen molar-refractivity contribution in [1.29, 1.82) is 0 Å². The molecular formula is C23H24F2N2O3. The Balaban J connectivity index is 1.82. The van der Waals surface area contributed by atoms with Gasteiger partial charge in [0.2, 0.25) is 0 Å². The molecule has 0 aliphatic carbocycles. The van der Waals surface area contributed by atoms with Gasteiger partial charge < -0.3 is 20.9 Å². The van der Waals surface area contributed by atoms with Crippen LogP contribution in [0.5, 0.6) is 11.5 Å². The zero-order valence-electron chi connectivity index (χ0n) is 16.7. The number of fused-ring (bicyclic) bond motifs is 1. The number of aliphatic hydroxyl groups is 1. The third-order valence-corrected chi connectivity index (χ3v) is 4.87. The molecule has 158 valence electrons. The number of hydrogen-bond donors (Lipinski definition) is 3. The number of hydrogen-bond acceptors (Lipinski definition) is 4. The van der Waals surface area contributed by atoms with E-state index in [9.17, 15) is 18.7 Å². The lowest BCUT2D eigenvalue weighted by molar-refractivity contribution is 0.0174. The standard InChI is InChI=1S/C23H24F2N2O3/c1-14(20(28)13-26)27-22(29)16-6-11-19-15(12-16)4-3-5-21(19)30-18-9-7-17(8-10-18)23(2,24)25/h3-12,14,20,28H,13,26H2,1-2H3,(H,27,29)/t14-,20-/m1/s1. The van der Waals surface area contributed by atoms with E-state index >= 15 is 0 Å². The number of carbonyl (C=O) groups is 1. The van der Waals surface area contributed by atoms with Crippen molar-refractivity contribution in [1.82, 2.24) is 5.32 Å². The van der Waals surface area contributed by atoms with E-state index in [4.69, 9.17) is 10.5 Å². The fourth-order valence-corrected chi connectivity index (χ4v) is 3.02. The van der Waals surface area contributed by atoms with Crippen LogP contribution in [0.3, 0.4) is 0 Å².